The first-order valence-corrected chi connectivity index (χ1v) is 13.0. The van der Waals surface area contributed by atoms with Gasteiger partial charge in [0, 0.05) is 18.3 Å². The number of hydrogen-bond donors (Lipinski definition) is 2. The summed E-state index contributed by atoms with van der Waals surface area (Å²) in [5.41, 5.74) is 2.25. The number of aryl methyl sites for hydroxylation is 1. The second-order valence-corrected chi connectivity index (χ2v) is 10.5. The molecule has 5 rings (SSSR count). The number of rotatable bonds is 6. The fourth-order valence-electron chi connectivity index (χ4n) is 4.69. The number of sulfonamides is 1. The van der Waals surface area contributed by atoms with Gasteiger partial charge < -0.3 is 5.11 Å². The van der Waals surface area contributed by atoms with Crippen LogP contribution in [0.4, 0.5) is 19.1 Å². The maximum atomic E-state index is 13.6. The predicted octanol–water partition coefficient (Wildman–Crippen LogP) is 5.74. The molecule has 0 spiro atoms. The molecule has 1 heterocycles. The number of aromatic nitrogens is 2. The van der Waals surface area contributed by atoms with Crippen molar-refractivity contribution >= 4 is 21.9 Å². The fourth-order valence-corrected chi connectivity index (χ4v) is 5.70. The van der Waals surface area contributed by atoms with Crippen LogP contribution in [0, 0.1) is 0 Å². The van der Waals surface area contributed by atoms with Crippen LogP contribution < -0.4 is 4.72 Å². The topological polar surface area (TPSA) is 109 Å². The van der Waals surface area contributed by atoms with Crippen molar-refractivity contribution in [3.8, 4) is 11.1 Å². The Hall–Kier alpha value is -4.25. The molecule has 1 unspecified atom stereocenters. The van der Waals surface area contributed by atoms with Crippen molar-refractivity contribution in [1.82, 2.24) is 9.97 Å². The summed E-state index contributed by atoms with van der Waals surface area (Å²) >= 11 is 0. The third kappa shape index (κ3) is 4.97. The molecule has 2 N–H and O–H groups in total. The van der Waals surface area contributed by atoms with Gasteiger partial charge in [0.05, 0.1) is 16.0 Å². The minimum Gasteiger partial charge on any atom is -0.478 e. The molecule has 1 aliphatic carbocycles. The predicted molar refractivity (Wildman–Crippen MR) is 133 cm³/mol. The van der Waals surface area contributed by atoms with Crippen LogP contribution in [0.5, 0.6) is 0 Å². The third-order valence-electron chi connectivity index (χ3n) is 6.49. The lowest BCUT2D eigenvalue weighted by Crippen LogP contribution is -2.15. The highest BCUT2D eigenvalue weighted by atomic mass is 32.2. The van der Waals surface area contributed by atoms with Crippen LogP contribution in [0.15, 0.2) is 84.0 Å². The zero-order valence-electron chi connectivity index (χ0n) is 19.6. The summed E-state index contributed by atoms with van der Waals surface area (Å²) in [6, 6.07) is 15.5. The van der Waals surface area contributed by atoms with Gasteiger partial charge in [0.2, 0.25) is 5.95 Å². The monoisotopic (exact) mass is 539 g/mol. The van der Waals surface area contributed by atoms with E-state index in [1.54, 1.807) is 18.2 Å². The number of alkyl halides is 3. The van der Waals surface area contributed by atoms with Gasteiger partial charge in [-0.05, 0) is 83.1 Å². The molecule has 11 heteroatoms. The van der Waals surface area contributed by atoms with Crippen LogP contribution in [0.25, 0.3) is 11.1 Å². The molecule has 0 bridgehead atoms. The molecule has 7 nitrogen and oxygen atoms in total. The first kappa shape index (κ1) is 25.4. The van der Waals surface area contributed by atoms with Gasteiger partial charge in [-0.15, -0.1) is 0 Å². The highest BCUT2D eigenvalue weighted by molar-refractivity contribution is 7.92. The Morgan fingerprint density at radius 1 is 0.947 bits per heavy atom. The van der Waals surface area contributed by atoms with Gasteiger partial charge >= 0.3 is 12.1 Å². The van der Waals surface area contributed by atoms with Crippen LogP contribution in [-0.4, -0.2) is 29.5 Å². The molecule has 0 radical (unpaired) electrons. The molecule has 0 saturated carbocycles. The van der Waals surface area contributed by atoms with Crippen LogP contribution in [0.1, 0.15) is 45.0 Å². The second kappa shape index (κ2) is 9.56. The minimum absolute atomic E-state index is 0.0248. The summed E-state index contributed by atoms with van der Waals surface area (Å²) in [5.74, 6) is -1.47. The zero-order valence-corrected chi connectivity index (χ0v) is 20.4. The van der Waals surface area contributed by atoms with Crippen molar-refractivity contribution in [2.75, 3.05) is 4.72 Å². The molecule has 1 aromatic heterocycles. The van der Waals surface area contributed by atoms with E-state index in [1.165, 1.54) is 48.8 Å². The molecular weight excluding hydrogens is 519 g/mol. The molecule has 0 aliphatic heterocycles. The summed E-state index contributed by atoms with van der Waals surface area (Å²) in [6.07, 6.45) is -0.631. The SMILES string of the molecule is O=C(O)c1ccc(-c2cc(C(F)(F)F)ccc2C2CCc3cc(S(=O)(=O)Nc4ncccn4)ccc32)cc1. The largest absolute Gasteiger partial charge is 0.478 e. The van der Waals surface area contributed by atoms with E-state index in [1.807, 2.05) is 0 Å². The molecule has 4 aromatic rings. The number of carboxylic acid groups (broad SMARTS) is 1. The number of fused-ring (bicyclic) bond motifs is 1. The lowest BCUT2D eigenvalue weighted by molar-refractivity contribution is -0.137. The normalized spacial score (nSPS) is 15.2. The van der Waals surface area contributed by atoms with Crippen molar-refractivity contribution in [1.29, 1.82) is 0 Å². The average Bonchev–Trinajstić information content (AvgIpc) is 3.31. The summed E-state index contributed by atoms with van der Waals surface area (Å²) in [5, 5.41) is 9.19. The molecule has 0 fully saturated rings. The van der Waals surface area contributed by atoms with E-state index in [9.17, 15) is 31.5 Å². The molecule has 1 aliphatic rings. The lowest BCUT2D eigenvalue weighted by atomic mass is 9.85. The van der Waals surface area contributed by atoms with E-state index in [4.69, 9.17) is 0 Å². The molecule has 0 amide bonds. The summed E-state index contributed by atoms with van der Waals surface area (Å²) in [4.78, 5) is 19.0. The van der Waals surface area contributed by atoms with E-state index < -0.39 is 27.7 Å². The first-order valence-electron chi connectivity index (χ1n) is 11.5. The van der Waals surface area contributed by atoms with E-state index in [-0.39, 0.29) is 22.3 Å². The summed E-state index contributed by atoms with van der Waals surface area (Å²) < 4.78 is 68.7. The van der Waals surface area contributed by atoms with E-state index >= 15 is 0 Å². The van der Waals surface area contributed by atoms with Crippen molar-refractivity contribution in [3.63, 3.8) is 0 Å². The van der Waals surface area contributed by atoms with E-state index in [0.29, 0.717) is 29.5 Å². The van der Waals surface area contributed by atoms with Gasteiger partial charge in [0.25, 0.3) is 10.0 Å². The maximum absolute atomic E-state index is 13.6. The highest BCUT2D eigenvalue weighted by Crippen LogP contribution is 2.44. The Bertz CT molecular complexity index is 1620. The third-order valence-corrected chi connectivity index (χ3v) is 7.82. The Morgan fingerprint density at radius 3 is 2.29 bits per heavy atom. The smallest absolute Gasteiger partial charge is 0.416 e. The summed E-state index contributed by atoms with van der Waals surface area (Å²) in [6.45, 7) is 0. The number of nitrogens with one attached hydrogen (secondary N) is 1. The molecular formula is C27H20F3N3O4S. The Balaban J connectivity index is 1.53. The fraction of sp³-hybridized carbons (Fsp3) is 0.148. The van der Waals surface area contributed by atoms with Crippen LogP contribution in [0.2, 0.25) is 0 Å². The van der Waals surface area contributed by atoms with Crippen molar-refractivity contribution in [3.05, 3.63) is 107 Å². The van der Waals surface area contributed by atoms with Crippen molar-refractivity contribution < 1.29 is 31.5 Å². The van der Waals surface area contributed by atoms with Gasteiger partial charge in [0.15, 0.2) is 0 Å². The highest BCUT2D eigenvalue weighted by Gasteiger charge is 2.33. The zero-order chi connectivity index (χ0) is 27.1. The number of aromatic carboxylic acids is 1. The second-order valence-electron chi connectivity index (χ2n) is 8.81. The van der Waals surface area contributed by atoms with Gasteiger partial charge in [-0.1, -0.05) is 24.3 Å². The maximum Gasteiger partial charge on any atom is 0.416 e. The average molecular weight is 540 g/mol. The molecule has 194 valence electrons. The Morgan fingerprint density at radius 2 is 1.63 bits per heavy atom. The minimum atomic E-state index is -4.55. The number of halogens is 3. The van der Waals surface area contributed by atoms with Gasteiger partial charge in [-0.25, -0.2) is 27.9 Å². The molecule has 38 heavy (non-hydrogen) atoms. The van der Waals surface area contributed by atoms with Gasteiger partial charge in [-0.2, -0.15) is 13.2 Å². The number of hydrogen-bond acceptors (Lipinski definition) is 5. The van der Waals surface area contributed by atoms with E-state index in [0.717, 1.165) is 23.3 Å². The molecule has 3 aromatic carbocycles. The first-order chi connectivity index (χ1) is 18.0. The number of carbonyl (C=O) groups is 1. The number of carboxylic acids is 1. The lowest BCUT2D eigenvalue weighted by Gasteiger charge is -2.20. The molecule has 0 saturated heterocycles. The van der Waals surface area contributed by atoms with Crippen LogP contribution >= 0.6 is 0 Å². The standard InChI is InChI=1S/C27H20F3N3O4S/c28-27(29,30)19-7-10-23(24(15-19)16-2-4-17(5-3-16)25(34)35)22-9-6-18-14-20(8-11-21(18)22)38(36,37)33-26-31-12-1-13-32-26/h1-5,7-8,10-15,22H,6,9H2,(H,34,35)(H,31,32,33). The van der Waals surface area contributed by atoms with Gasteiger partial charge in [-0.3, -0.25) is 0 Å². The number of anilines is 1. The van der Waals surface area contributed by atoms with Crippen molar-refractivity contribution in [2.45, 2.75) is 29.8 Å². The van der Waals surface area contributed by atoms with Crippen LogP contribution in [-0.2, 0) is 22.6 Å². The summed E-state index contributed by atoms with van der Waals surface area (Å²) in [7, 11) is -3.95. The van der Waals surface area contributed by atoms with E-state index in [2.05, 4.69) is 14.7 Å². The quantitative estimate of drug-likeness (QED) is 0.324. The van der Waals surface area contributed by atoms with Crippen LogP contribution in [0.3, 0.4) is 0 Å². The Labute approximate surface area is 216 Å². The number of nitrogens with zero attached hydrogens (tertiary/aromatic N) is 2. The van der Waals surface area contributed by atoms with Gasteiger partial charge in [0.1, 0.15) is 0 Å². The Kier molecular flexibility index (Phi) is 6.39. The van der Waals surface area contributed by atoms with Crippen molar-refractivity contribution in [2.24, 2.45) is 0 Å². The molecule has 1 atom stereocenters. The number of benzene rings is 3.